The van der Waals surface area contributed by atoms with Gasteiger partial charge < -0.3 is 9.80 Å². The molecule has 0 saturated carbocycles. The number of hydrogen-bond acceptors (Lipinski definition) is 6. The minimum Gasteiger partial charge on any atom is -0.352 e. The number of nitrogens with zero attached hydrogens (tertiary/aromatic N) is 6. The van der Waals surface area contributed by atoms with E-state index in [0.717, 1.165) is 54.4 Å². The van der Waals surface area contributed by atoms with Crippen LogP contribution in [0.1, 0.15) is 11.3 Å². The van der Waals surface area contributed by atoms with Gasteiger partial charge in [0.05, 0.1) is 16.8 Å². The van der Waals surface area contributed by atoms with E-state index < -0.39 is 0 Å². The molecule has 6 heteroatoms. The summed E-state index contributed by atoms with van der Waals surface area (Å²) in [4.78, 5) is 9.14. The summed E-state index contributed by atoms with van der Waals surface area (Å²) >= 11 is 0. The van der Waals surface area contributed by atoms with Crippen molar-refractivity contribution in [3.8, 4) is 6.07 Å². The van der Waals surface area contributed by atoms with Gasteiger partial charge in [-0.2, -0.15) is 10.4 Å². The lowest BCUT2D eigenvalue weighted by molar-refractivity contribution is 0.638. The van der Waals surface area contributed by atoms with Crippen LogP contribution in [0, 0.1) is 18.3 Å². The number of fused-ring (bicyclic) bond motifs is 1. The molecule has 6 nitrogen and oxygen atoms in total. The van der Waals surface area contributed by atoms with Crippen LogP contribution in [0.25, 0.3) is 10.9 Å². The molecule has 0 atom stereocenters. The van der Waals surface area contributed by atoms with Crippen molar-refractivity contribution in [2.75, 3.05) is 36.0 Å². The van der Waals surface area contributed by atoms with Crippen LogP contribution in [0.2, 0.25) is 0 Å². The highest BCUT2D eigenvalue weighted by Crippen LogP contribution is 2.24. The summed E-state index contributed by atoms with van der Waals surface area (Å²) in [5, 5.41) is 18.9. The fraction of sp³-hybridized carbons (Fsp3) is 0.263. The third-order valence-electron chi connectivity index (χ3n) is 4.51. The largest absolute Gasteiger partial charge is 0.352 e. The first-order chi connectivity index (χ1) is 12.2. The second-order valence-corrected chi connectivity index (χ2v) is 6.17. The van der Waals surface area contributed by atoms with Crippen molar-refractivity contribution in [2.45, 2.75) is 6.92 Å². The number of aromatic nitrogens is 3. The second-order valence-electron chi connectivity index (χ2n) is 6.17. The summed E-state index contributed by atoms with van der Waals surface area (Å²) < 4.78 is 0. The van der Waals surface area contributed by atoms with Gasteiger partial charge in [-0.15, -0.1) is 5.10 Å². The Hall–Kier alpha value is -3.20. The summed E-state index contributed by atoms with van der Waals surface area (Å²) in [5.41, 5.74) is 2.46. The molecule has 0 amide bonds. The Kier molecular flexibility index (Phi) is 3.90. The molecule has 1 fully saturated rings. The van der Waals surface area contributed by atoms with Crippen LogP contribution in [-0.4, -0.2) is 41.4 Å². The molecule has 0 N–H and O–H groups in total. The monoisotopic (exact) mass is 330 g/mol. The number of aryl methyl sites for hydroxylation is 1. The van der Waals surface area contributed by atoms with E-state index in [1.54, 1.807) is 0 Å². The maximum absolute atomic E-state index is 9.52. The van der Waals surface area contributed by atoms with Crippen molar-refractivity contribution in [3.05, 3.63) is 53.7 Å². The van der Waals surface area contributed by atoms with Gasteiger partial charge in [0.2, 0.25) is 0 Å². The van der Waals surface area contributed by atoms with Gasteiger partial charge in [0, 0.05) is 31.6 Å². The molecule has 1 aliphatic heterocycles. The SMILES string of the molecule is Cc1ccc(N2CCN(c3nc4ccccc4cc3C#N)CC2)nn1. The minimum absolute atomic E-state index is 0.627. The Morgan fingerprint density at radius 2 is 1.72 bits per heavy atom. The van der Waals surface area contributed by atoms with Crippen molar-refractivity contribution in [1.29, 1.82) is 5.26 Å². The number of benzene rings is 1. The molecule has 0 aliphatic carbocycles. The smallest absolute Gasteiger partial charge is 0.151 e. The van der Waals surface area contributed by atoms with E-state index in [9.17, 15) is 5.26 Å². The van der Waals surface area contributed by atoms with Crippen molar-refractivity contribution in [2.24, 2.45) is 0 Å². The van der Waals surface area contributed by atoms with Gasteiger partial charge >= 0.3 is 0 Å². The van der Waals surface area contributed by atoms with E-state index in [1.807, 2.05) is 49.4 Å². The maximum atomic E-state index is 9.52. The van der Waals surface area contributed by atoms with Gasteiger partial charge in [0.15, 0.2) is 5.82 Å². The minimum atomic E-state index is 0.627. The highest BCUT2D eigenvalue weighted by Gasteiger charge is 2.22. The van der Waals surface area contributed by atoms with Crippen LogP contribution in [-0.2, 0) is 0 Å². The first-order valence-corrected chi connectivity index (χ1v) is 8.35. The van der Waals surface area contributed by atoms with E-state index in [4.69, 9.17) is 4.98 Å². The predicted molar refractivity (Wildman–Crippen MR) is 97.7 cm³/mol. The van der Waals surface area contributed by atoms with Crippen molar-refractivity contribution in [1.82, 2.24) is 15.2 Å². The molecule has 0 spiro atoms. The van der Waals surface area contributed by atoms with E-state index >= 15 is 0 Å². The summed E-state index contributed by atoms with van der Waals surface area (Å²) in [6, 6.07) is 16.1. The Bertz CT molecular complexity index is 936. The van der Waals surface area contributed by atoms with Crippen molar-refractivity contribution < 1.29 is 0 Å². The van der Waals surface area contributed by atoms with Gasteiger partial charge in [0.25, 0.3) is 0 Å². The maximum Gasteiger partial charge on any atom is 0.151 e. The molecule has 0 bridgehead atoms. The average Bonchev–Trinajstić information content (AvgIpc) is 2.67. The first-order valence-electron chi connectivity index (χ1n) is 8.35. The summed E-state index contributed by atoms with van der Waals surface area (Å²) in [6.45, 7) is 5.20. The fourth-order valence-corrected chi connectivity index (χ4v) is 3.14. The first kappa shape index (κ1) is 15.3. The molecule has 1 aliphatic rings. The number of pyridine rings is 1. The highest BCUT2D eigenvalue weighted by molar-refractivity contribution is 5.83. The molecule has 124 valence electrons. The summed E-state index contributed by atoms with van der Waals surface area (Å²) in [7, 11) is 0. The van der Waals surface area contributed by atoms with Crippen molar-refractivity contribution in [3.63, 3.8) is 0 Å². The number of para-hydroxylation sites is 1. The van der Waals surface area contributed by atoms with Gasteiger partial charge in [-0.3, -0.25) is 0 Å². The molecule has 3 heterocycles. The Labute approximate surface area is 146 Å². The lowest BCUT2D eigenvalue weighted by atomic mass is 10.1. The quantitative estimate of drug-likeness (QED) is 0.719. The molecule has 3 aromatic rings. The standard InChI is InChI=1S/C19H18N6/c1-14-6-7-18(23-22-14)24-8-10-25(11-9-24)19-16(13-20)12-15-4-2-3-5-17(15)21-19/h2-7,12H,8-11H2,1H3. The topological polar surface area (TPSA) is 68.9 Å². The van der Waals surface area contributed by atoms with E-state index in [-0.39, 0.29) is 0 Å². The van der Waals surface area contributed by atoms with Gasteiger partial charge in [-0.1, -0.05) is 18.2 Å². The molecular weight excluding hydrogens is 312 g/mol. The zero-order valence-corrected chi connectivity index (χ0v) is 14.1. The van der Waals surface area contributed by atoms with E-state index in [2.05, 4.69) is 26.1 Å². The second kappa shape index (κ2) is 6.36. The van der Waals surface area contributed by atoms with Gasteiger partial charge in [-0.25, -0.2) is 4.98 Å². The van der Waals surface area contributed by atoms with Crippen LogP contribution in [0.15, 0.2) is 42.5 Å². The predicted octanol–water partition coefficient (Wildman–Crippen LogP) is 2.53. The van der Waals surface area contributed by atoms with E-state index in [0.29, 0.717) is 5.56 Å². The molecule has 2 aromatic heterocycles. The number of anilines is 2. The number of piperazine rings is 1. The van der Waals surface area contributed by atoms with Crippen molar-refractivity contribution >= 4 is 22.5 Å². The third-order valence-corrected chi connectivity index (χ3v) is 4.51. The lowest BCUT2D eigenvalue weighted by Gasteiger charge is -2.36. The average molecular weight is 330 g/mol. The van der Waals surface area contributed by atoms with Crippen LogP contribution in [0.4, 0.5) is 11.6 Å². The molecule has 1 aromatic carbocycles. The molecule has 4 rings (SSSR count). The van der Waals surface area contributed by atoms with E-state index in [1.165, 1.54) is 0 Å². The Morgan fingerprint density at radius 3 is 2.44 bits per heavy atom. The highest BCUT2D eigenvalue weighted by atomic mass is 15.3. The summed E-state index contributed by atoms with van der Waals surface area (Å²) in [6.07, 6.45) is 0. The fourth-order valence-electron chi connectivity index (χ4n) is 3.14. The number of hydrogen-bond donors (Lipinski definition) is 0. The van der Waals surface area contributed by atoms with Crippen LogP contribution in [0.3, 0.4) is 0 Å². The zero-order chi connectivity index (χ0) is 17.2. The lowest BCUT2D eigenvalue weighted by Crippen LogP contribution is -2.47. The van der Waals surface area contributed by atoms with Crippen LogP contribution < -0.4 is 9.80 Å². The molecule has 0 unspecified atom stereocenters. The van der Waals surface area contributed by atoms with Gasteiger partial charge in [-0.05, 0) is 31.2 Å². The van der Waals surface area contributed by atoms with Crippen LogP contribution >= 0.6 is 0 Å². The number of nitriles is 1. The summed E-state index contributed by atoms with van der Waals surface area (Å²) in [5.74, 6) is 1.67. The zero-order valence-electron chi connectivity index (χ0n) is 14.1. The Morgan fingerprint density at radius 1 is 0.960 bits per heavy atom. The Balaban J connectivity index is 1.57. The molecule has 0 radical (unpaired) electrons. The molecule has 25 heavy (non-hydrogen) atoms. The molecular formula is C19H18N6. The third kappa shape index (κ3) is 2.96. The van der Waals surface area contributed by atoms with Gasteiger partial charge in [0.1, 0.15) is 11.9 Å². The van der Waals surface area contributed by atoms with Crippen LogP contribution in [0.5, 0.6) is 0 Å². The normalized spacial score (nSPS) is 14.6. The number of rotatable bonds is 2. The molecule has 1 saturated heterocycles.